The molecule has 0 radical (unpaired) electrons. The molecule has 3 atom stereocenters. The summed E-state index contributed by atoms with van der Waals surface area (Å²) < 4.78 is 0. The number of rotatable bonds is 13. The highest BCUT2D eigenvalue weighted by atomic mass is 16.4. The normalized spacial score (nSPS) is 22.1. The van der Waals surface area contributed by atoms with Crippen LogP contribution in [0.4, 0.5) is 0 Å². The zero-order valence-corrected chi connectivity index (χ0v) is 16.3. The van der Waals surface area contributed by atoms with Crippen molar-refractivity contribution in [3.05, 3.63) is 0 Å². The molecule has 9 heteroatoms. The molecule has 0 aromatic carbocycles. The number of amides is 2. The standard InChI is InChI=1S/C18H31N3O6/c1-4-6-8-13(16(24)25)19-14(22)10-21(3)11-15(23)20-18(17(26)27)9-12(18)7-5-2/h12-13H,4-11H2,1-3H3,(H,19,22)(H,20,23)(H,24,25)(H,26,27)/t12?,13-,18?/m0/s1. The first-order valence-electron chi connectivity index (χ1n) is 9.41. The Bertz CT molecular complexity index is 567. The lowest BCUT2D eigenvalue weighted by Gasteiger charge is -2.20. The topological polar surface area (TPSA) is 136 Å². The molecule has 1 saturated carbocycles. The average molecular weight is 385 g/mol. The molecule has 1 fully saturated rings. The maximum Gasteiger partial charge on any atom is 0.329 e. The lowest BCUT2D eigenvalue weighted by atomic mass is 10.1. The summed E-state index contributed by atoms with van der Waals surface area (Å²) in [5.74, 6) is -3.14. The van der Waals surface area contributed by atoms with Gasteiger partial charge in [0.15, 0.2) is 0 Å². The molecular formula is C18H31N3O6. The molecule has 27 heavy (non-hydrogen) atoms. The van der Waals surface area contributed by atoms with Crippen molar-refractivity contribution in [2.45, 2.75) is 64.0 Å². The molecule has 1 rings (SSSR count). The van der Waals surface area contributed by atoms with Crippen molar-refractivity contribution >= 4 is 23.8 Å². The van der Waals surface area contributed by atoms with Gasteiger partial charge in [-0.1, -0.05) is 33.1 Å². The SMILES string of the molecule is CCCC[C@H](NC(=O)CN(C)CC(=O)NC1(C(=O)O)CC1CCC)C(=O)O. The monoisotopic (exact) mass is 385 g/mol. The molecule has 4 N–H and O–H groups in total. The number of carboxylic acids is 2. The third kappa shape index (κ3) is 6.82. The van der Waals surface area contributed by atoms with E-state index in [1.54, 1.807) is 7.05 Å². The number of carboxylic acid groups (broad SMARTS) is 2. The number of unbranched alkanes of at least 4 members (excludes halogenated alkanes) is 1. The van der Waals surface area contributed by atoms with Crippen molar-refractivity contribution in [1.82, 2.24) is 15.5 Å². The van der Waals surface area contributed by atoms with E-state index in [9.17, 15) is 24.3 Å². The second-order valence-electron chi connectivity index (χ2n) is 7.29. The van der Waals surface area contributed by atoms with E-state index in [0.29, 0.717) is 19.3 Å². The summed E-state index contributed by atoms with van der Waals surface area (Å²) in [7, 11) is 1.55. The van der Waals surface area contributed by atoms with Crippen molar-refractivity contribution in [3.8, 4) is 0 Å². The van der Waals surface area contributed by atoms with E-state index in [-0.39, 0.29) is 19.0 Å². The smallest absolute Gasteiger partial charge is 0.329 e. The lowest BCUT2D eigenvalue weighted by Crippen LogP contribution is -2.50. The molecule has 0 heterocycles. The van der Waals surface area contributed by atoms with Crippen LogP contribution in [0.1, 0.15) is 52.4 Å². The Morgan fingerprint density at radius 1 is 1.11 bits per heavy atom. The molecule has 0 aromatic rings. The molecule has 9 nitrogen and oxygen atoms in total. The Morgan fingerprint density at radius 2 is 1.74 bits per heavy atom. The van der Waals surface area contributed by atoms with Gasteiger partial charge >= 0.3 is 11.9 Å². The maximum atomic E-state index is 12.2. The van der Waals surface area contributed by atoms with Gasteiger partial charge in [-0.2, -0.15) is 0 Å². The van der Waals surface area contributed by atoms with Crippen LogP contribution >= 0.6 is 0 Å². The fraction of sp³-hybridized carbons (Fsp3) is 0.778. The van der Waals surface area contributed by atoms with Crippen LogP contribution in [0.3, 0.4) is 0 Å². The van der Waals surface area contributed by atoms with E-state index in [2.05, 4.69) is 10.6 Å². The Morgan fingerprint density at radius 3 is 2.26 bits per heavy atom. The second-order valence-corrected chi connectivity index (χ2v) is 7.29. The van der Waals surface area contributed by atoms with Crippen molar-refractivity contribution in [2.75, 3.05) is 20.1 Å². The summed E-state index contributed by atoms with van der Waals surface area (Å²) >= 11 is 0. The Balaban J connectivity index is 2.47. The van der Waals surface area contributed by atoms with Crippen LogP contribution in [0, 0.1) is 5.92 Å². The van der Waals surface area contributed by atoms with Crippen LogP contribution in [-0.4, -0.2) is 70.6 Å². The van der Waals surface area contributed by atoms with Gasteiger partial charge in [0.2, 0.25) is 11.8 Å². The summed E-state index contributed by atoms with van der Waals surface area (Å²) in [4.78, 5) is 48.3. The molecule has 0 saturated heterocycles. The van der Waals surface area contributed by atoms with Crippen molar-refractivity contribution < 1.29 is 29.4 Å². The van der Waals surface area contributed by atoms with Gasteiger partial charge in [-0.05, 0) is 32.2 Å². The van der Waals surface area contributed by atoms with Gasteiger partial charge in [0.1, 0.15) is 11.6 Å². The highest BCUT2D eigenvalue weighted by molar-refractivity contribution is 5.91. The highest BCUT2D eigenvalue weighted by Gasteiger charge is 2.60. The summed E-state index contributed by atoms with van der Waals surface area (Å²) in [5, 5.41) is 23.6. The minimum absolute atomic E-state index is 0.0626. The molecule has 2 unspecified atom stereocenters. The van der Waals surface area contributed by atoms with Crippen LogP contribution in [0.2, 0.25) is 0 Å². The van der Waals surface area contributed by atoms with Crippen LogP contribution in [0.25, 0.3) is 0 Å². The van der Waals surface area contributed by atoms with E-state index in [1.165, 1.54) is 4.90 Å². The first kappa shape index (κ1) is 22.9. The first-order valence-corrected chi connectivity index (χ1v) is 9.41. The third-order valence-electron chi connectivity index (χ3n) is 4.79. The van der Waals surface area contributed by atoms with Gasteiger partial charge < -0.3 is 20.8 Å². The predicted molar refractivity (Wildman–Crippen MR) is 98.1 cm³/mol. The van der Waals surface area contributed by atoms with E-state index in [1.807, 2.05) is 13.8 Å². The summed E-state index contributed by atoms with van der Waals surface area (Å²) in [6.45, 7) is 3.60. The number of nitrogens with one attached hydrogen (secondary N) is 2. The number of hydrogen-bond donors (Lipinski definition) is 4. The Kier molecular flexibility index (Phi) is 8.68. The summed E-state index contributed by atoms with van der Waals surface area (Å²) in [6, 6.07) is -0.948. The number of carbonyl (C=O) groups is 4. The number of likely N-dealkylation sites (N-methyl/N-ethyl adjacent to an activating group) is 1. The fourth-order valence-electron chi connectivity index (χ4n) is 3.24. The quantitative estimate of drug-likeness (QED) is 0.361. The van der Waals surface area contributed by atoms with Gasteiger partial charge in [0, 0.05) is 0 Å². The highest BCUT2D eigenvalue weighted by Crippen LogP contribution is 2.46. The first-order chi connectivity index (χ1) is 12.7. The number of nitrogens with zero attached hydrogens (tertiary/aromatic N) is 1. The van der Waals surface area contributed by atoms with E-state index in [0.717, 1.165) is 19.3 Å². The molecule has 154 valence electrons. The third-order valence-corrected chi connectivity index (χ3v) is 4.79. The molecule has 0 aromatic heterocycles. The van der Waals surface area contributed by atoms with Gasteiger partial charge in [0.25, 0.3) is 0 Å². The van der Waals surface area contributed by atoms with Crippen LogP contribution < -0.4 is 10.6 Å². The van der Waals surface area contributed by atoms with Crippen LogP contribution in [0.5, 0.6) is 0 Å². The molecule has 2 amide bonds. The molecule has 0 spiro atoms. The fourth-order valence-corrected chi connectivity index (χ4v) is 3.24. The van der Waals surface area contributed by atoms with Crippen molar-refractivity contribution in [2.24, 2.45) is 5.92 Å². The summed E-state index contributed by atoms with van der Waals surface area (Å²) in [6.07, 6.45) is 3.86. The van der Waals surface area contributed by atoms with Gasteiger partial charge in [0.05, 0.1) is 13.1 Å². The zero-order valence-electron chi connectivity index (χ0n) is 16.3. The van der Waals surface area contributed by atoms with Gasteiger partial charge in [-0.25, -0.2) is 9.59 Å². The van der Waals surface area contributed by atoms with Crippen LogP contribution in [-0.2, 0) is 19.2 Å². The zero-order chi connectivity index (χ0) is 20.6. The van der Waals surface area contributed by atoms with Crippen molar-refractivity contribution in [3.63, 3.8) is 0 Å². The number of hydrogen-bond acceptors (Lipinski definition) is 5. The van der Waals surface area contributed by atoms with E-state index >= 15 is 0 Å². The predicted octanol–water partition coefficient (Wildman–Crippen LogP) is 0.437. The van der Waals surface area contributed by atoms with Crippen LogP contribution in [0.15, 0.2) is 0 Å². The molecule has 1 aliphatic rings. The largest absolute Gasteiger partial charge is 0.480 e. The maximum absolute atomic E-state index is 12.2. The van der Waals surface area contributed by atoms with E-state index < -0.39 is 35.3 Å². The molecule has 0 aliphatic heterocycles. The summed E-state index contributed by atoms with van der Waals surface area (Å²) in [5.41, 5.74) is -1.19. The molecule has 0 bridgehead atoms. The Labute approximate surface area is 159 Å². The Hall–Kier alpha value is -2.16. The molecule has 1 aliphatic carbocycles. The minimum Gasteiger partial charge on any atom is -0.480 e. The van der Waals surface area contributed by atoms with E-state index in [4.69, 9.17) is 5.11 Å². The second kappa shape index (κ2) is 10.2. The van der Waals surface area contributed by atoms with Gasteiger partial charge in [-0.3, -0.25) is 14.5 Å². The van der Waals surface area contributed by atoms with Gasteiger partial charge in [-0.15, -0.1) is 0 Å². The number of aliphatic carboxylic acids is 2. The van der Waals surface area contributed by atoms with Crippen molar-refractivity contribution in [1.29, 1.82) is 0 Å². The molecular weight excluding hydrogens is 354 g/mol. The minimum atomic E-state index is -1.19. The number of carbonyl (C=O) groups excluding carboxylic acids is 2. The lowest BCUT2D eigenvalue weighted by molar-refractivity contribution is -0.144. The average Bonchev–Trinajstić information content (AvgIpc) is 3.24.